The first-order valence-electron chi connectivity index (χ1n) is 8.29. The smallest absolute Gasteiger partial charge is 0.151 e. The number of nitrogens with zero attached hydrogens (tertiary/aromatic N) is 3. The summed E-state index contributed by atoms with van der Waals surface area (Å²) in [6, 6.07) is 9.56. The molecule has 132 valence electrons. The van der Waals surface area contributed by atoms with Crippen LogP contribution in [0.5, 0.6) is 0 Å². The van der Waals surface area contributed by atoms with Crippen LogP contribution in [0.25, 0.3) is 16.6 Å². The van der Waals surface area contributed by atoms with Crippen LogP contribution in [0.3, 0.4) is 0 Å². The summed E-state index contributed by atoms with van der Waals surface area (Å²) in [6.45, 7) is 5.95. The highest BCUT2D eigenvalue weighted by Crippen LogP contribution is 2.29. The highest BCUT2D eigenvalue weighted by atomic mass is 32.2. The SMILES string of the molecule is CC.Cc1ccc(NS(=O)c2ccc3nccn3c2)c2[nH]cc(C#N)c12. The number of aryl methyl sites for hydroxylation is 1. The number of H-pyrrole nitrogens is 1. The largest absolute Gasteiger partial charge is 0.358 e. The lowest BCUT2D eigenvalue weighted by Gasteiger charge is -2.09. The minimum Gasteiger partial charge on any atom is -0.358 e. The number of imidazole rings is 1. The minimum absolute atomic E-state index is 0.580. The number of aromatic amines is 1. The Bertz CT molecular complexity index is 1140. The number of aromatic nitrogens is 3. The van der Waals surface area contributed by atoms with Gasteiger partial charge in [-0.1, -0.05) is 19.9 Å². The first-order chi connectivity index (χ1) is 12.7. The third kappa shape index (κ3) is 3.07. The van der Waals surface area contributed by atoms with Gasteiger partial charge in [-0.2, -0.15) is 5.26 Å². The second-order valence-electron chi connectivity index (χ2n) is 5.42. The van der Waals surface area contributed by atoms with E-state index in [-0.39, 0.29) is 0 Å². The van der Waals surface area contributed by atoms with Gasteiger partial charge in [-0.25, -0.2) is 9.19 Å². The van der Waals surface area contributed by atoms with Crippen LogP contribution in [0.1, 0.15) is 25.0 Å². The average molecular weight is 365 g/mol. The van der Waals surface area contributed by atoms with Crippen molar-refractivity contribution in [2.45, 2.75) is 25.7 Å². The Morgan fingerprint density at radius 2 is 2.08 bits per heavy atom. The molecule has 3 heterocycles. The Labute approximate surface area is 154 Å². The number of benzene rings is 1. The second-order valence-corrected chi connectivity index (χ2v) is 6.64. The molecule has 2 N–H and O–H groups in total. The Morgan fingerprint density at radius 1 is 1.27 bits per heavy atom. The Hall–Kier alpha value is -3.11. The average Bonchev–Trinajstić information content (AvgIpc) is 3.32. The zero-order chi connectivity index (χ0) is 18.7. The fourth-order valence-corrected chi connectivity index (χ4v) is 3.65. The summed E-state index contributed by atoms with van der Waals surface area (Å²) in [5.41, 5.74) is 3.86. The van der Waals surface area contributed by atoms with Gasteiger partial charge in [0.05, 0.1) is 21.7 Å². The number of hydrogen-bond donors (Lipinski definition) is 2. The predicted molar refractivity (Wildman–Crippen MR) is 104 cm³/mol. The van der Waals surface area contributed by atoms with Crippen molar-refractivity contribution in [3.05, 3.63) is 60.2 Å². The Morgan fingerprint density at radius 3 is 2.85 bits per heavy atom. The third-order valence-electron chi connectivity index (χ3n) is 3.94. The molecule has 0 aliphatic rings. The molecule has 6 nitrogen and oxygen atoms in total. The Kier molecular flexibility index (Phi) is 5.05. The number of nitriles is 1. The van der Waals surface area contributed by atoms with Gasteiger partial charge in [0.1, 0.15) is 11.7 Å². The van der Waals surface area contributed by atoms with E-state index in [1.165, 1.54) is 0 Å². The van der Waals surface area contributed by atoms with Gasteiger partial charge >= 0.3 is 0 Å². The number of anilines is 1. The van der Waals surface area contributed by atoms with Gasteiger partial charge in [-0.3, -0.25) is 4.72 Å². The lowest BCUT2D eigenvalue weighted by molar-refractivity contribution is 0.686. The molecule has 4 rings (SSSR count). The number of nitrogens with one attached hydrogen (secondary N) is 2. The first-order valence-corrected chi connectivity index (χ1v) is 9.44. The zero-order valence-electron chi connectivity index (χ0n) is 14.8. The van der Waals surface area contributed by atoms with E-state index >= 15 is 0 Å². The molecule has 0 bridgehead atoms. The predicted octanol–water partition coefficient (Wildman–Crippen LogP) is 4.16. The summed E-state index contributed by atoms with van der Waals surface area (Å²) in [6.07, 6.45) is 6.96. The van der Waals surface area contributed by atoms with Crippen molar-refractivity contribution >= 4 is 33.2 Å². The lowest BCUT2D eigenvalue weighted by Crippen LogP contribution is -2.06. The highest BCUT2D eigenvalue weighted by Gasteiger charge is 2.13. The summed E-state index contributed by atoms with van der Waals surface area (Å²) in [4.78, 5) is 7.91. The van der Waals surface area contributed by atoms with Crippen LogP contribution in [0.2, 0.25) is 0 Å². The molecule has 1 aromatic carbocycles. The van der Waals surface area contributed by atoms with Gasteiger partial charge in [-0.15, -0.1) is 0 Å². The molecule has 7 heteroatoms. The van der Waals surface area contributed by atoms with Crippen LogP contribution < -0.4 is 4.72 Å². The van der Waals surface area contributed by atoms with E-state index in [1.54, 1.807) is 24.7 Å². The van der Waals surface area contributed by atoms with E-state index in [0.717, 1.165) is 22.1 Å². The Balaban J connectivity index is 0.000000948. The maximum absolute atomic E-state index is 12.7. The molecular formula is C19H19N5OS. The van der Waals surface area contributed by atoms with Crippen LogP contribution >= 0.6 is 0 Å². The molecule has 26 heavy (non-hydrogen) atoms. The number of fused-ring (bicyclic) bond motifs is 2. The van der Waals surface area contributed by atoms with Crippen LogP contribution in [0, 0.1) is 18.3 Å². The van der Waals surface area contributed by atoms with Crippen LogP contribution in [0.4, 0.5) is 5.69 Å². The fraction of sp³-hybridized carbons (Fsp3) is 0.158. The molecule has 0 aliphatic heterocycles. The van der Waals surface area contributed by atoms with Gasteiger partial charge < -0.3 is 9.38 Å². The van der Waals surface area contributed by atoms with Gasteiger partial charge in [0.25, 0.3) is 0 Å². The molecule has 3 aromatic heterocycles. The van der Waals surface area contributed by atoms with E-state index < -0.39 is 11.0 Å². The number of hydrogen-bond acceptors (Lipinski definition) is 3. The molecule has 1 atom stereocenters. The van der Waals surface area contributed by atoms with Crippen molar-refractivity contribution in [1.29, 1.82) is 5.26 Å². The molecule has 4 aromatic rings. The molecule has 0 spiro atoms. The molecule has 0 fully saturated rings. The van der Waals surface area contributed by atoms with Crippen molar-refractivity contribution in [1.82, 2.24) is 14.4 Å². The van der Waals surface area contributed by atoms with Crippen LogP contribution in [-0.2, 0) is 11.0 Å². The number of pyridine rings is 1. The first kappa shape index (κ1) is 17.7. The summed E-state index contributed by atoms with van der Waals surface area (Å²) in [7, 11) is -1.43. The molecule has 1 unspecified atom stereocenters. The molecular weight excluding hydrogens is 346 g/mol. The van der Waals surface area contributed by atoms with Crippen molar-refractivity contribution in [3.8, 4) is 6.07 Å². The van der Waals surface area contributed by atoms with E-state index in [1.807, 2.05) is 49.6 Å². The minimum atomic E-state index is -1.43. The summed E-state index contributed by atoms with van der Waals surface area (Å²) in [5, 5.41) is 10.1. The second kappa shape index (κ2) is 7.42. The standard InChI is InChI=1S/C17H13N5OS.C2H6/c1-11-2-4-14(17-16(11)12(8-18)9-20-17)21-24(23)13-3-5-15-19-6-7-22(15)10-13;1-2/h2-7,9-10,20-21H,1H3;1-2H3. The highest BCUT2D eigenvalue weighted by molar-refractivity contribution is 7.86. The molecule has 0 amide bonds. The van der Waals surface area contributed by atoms with E-state index in [2.05, 4.69) is 20.8 Å². The third-order valence-corrected chi connectivity index (χ3v) is 5.02. The molecule has 0 saturated heterocycles. The lowest BCUT2D eigenvalue weighted by atomic mass is 10.1. The van der Waals surface area contributed by atoms with E-state index in [4.69, 9.17) is 0 Å². The summed E-state index contributed by atoms with van der Waals surface area (Å²) >= 11 is 0. The van der Waals surface area contributed by atoms with E-state index in [0.29, 0.717) is 16.1 Å². The van der Waals surface area contributed by atoms with Gasteiger partial charge in [0.15, 0.2) is 11.0 Å². The zero-order valence-corrected chi connectivity index (χ0v) is 15.6. The van der Waals surface area contributed by atoms with Crippen molar-refractivity contribution in [2.75, 3.05) is 4.72 Å². The van der Waals surface area contributed by atoms with Gasteiger partial charge in [0.2, 0.25) is 0 Å². The quantitative estimate of drug-likeness (QED) is 0.572. The van der Waals surface area contributed by atoms with Crippen molar-refractivity contribution in [2.24, 2.45) is 0 Å². The normalized spacial score (nSPS) is 11.6. The molecule has 0 radical (unpaired) electrons. The van der Waals surface area contributed by atoms with E-state index in [9.17, 15) is 9.47 Å². The topological polar surface area (TPSA) is 86.0 Å². The molecule has 0 saturated carbocycles. The van der Waals surface area contributed by atoms with Gasteiger partial charge in [-0.05, 0) is 30.7 Å². The van der Waals surface area contributed by atoms with Crippen LogP contribution in [-0.4, -0.2) is 18.6 Å². The van der Waals surface area contributed by atoms with Crippen LogP contribution in [0.15, 0.2) is 53.9 Å². The van der Waals surface area contributed by atoms with Crippen molar-refractivity contribution < 1.29 is 4.21 Å². The van der Waals surface area contributed by atoms with Crippen molar-refractivity contribution in [3.63, 3.8) is 0 Å². The monoisotopic (exact) mass is 365 g/mol. The maximum atomic E-state index is 12.7. The fourth-order valence-electron chi connectivity index (χ4n) is 2.76. The summed E-state index contributed by atoms with van der Waals surface area (Å²) in [5.74, 6) is 0. The number of rotatable bonds is 3. The molecule has 0 aliphatic carbocycles. The maximum Gasteiger partial charge on any atom is 0.151 e. The van der Waals surface area contributed by atoms with Gasteiger partial charge in [0, 0.05) is 30.2 Å². The summed E-state index contributed by atoms with van der Waals surface area (Å²) < 4.78 is 17.5.